The maximum Gasteiger partial charge on any atom is 0.225 e. The van der Waals surface area contributed by atoms with Gasteiger partial charge in [-0.1, -0.05) is 6.07 Å². The molecule has 0 aliphatic carbocycles. The third kappa shape index (κ3) is 3.45. The summed E-state index contributed by atoms with van der Waals surface area (Å²) in [4.78, 5) is 12.3. The molecule has 5 heteroatoms. The molecule has 0 spiro atoms. The van der Waals surface area contributed by atoms with Crippen LogP contribution in [0.4, 0.5) is 0 Å². The van der Waals surface area contributed by atoms with Gasteiger partial charge in [0.05, 0.1) is 25.7 Å². The lowest BCUT2D eigenvalue weighted by Gasteiger charge is -2.12. The van der Waals surface area contributed by atoms with Gasteiger partial charge in [0.1, 0.15) is 0 Å². The molecule has 0 atom stereocenters. The van der Waals surface area contributed by atoms with E-state index in [-0.39, 0.29) is 19.1 Å². The van der Waals surface area contributed by atoms with Crippen LogP contribution in [0.3, 0.4) is 0 Å². The van der Waals surface area contributed by atoms with Crippen LogP contribution in [0.2, 0.25) is 0 Å². The van der Waals surface area contributed by atoms with E-state index in [1.165, 1.54) is 11.3 Å². The third-order valence-corrected chi connectivity index (χ3v) is 2.60. The van der Waals surface area contributed by atoms with E-state index in [0.29, 0.717) is 6.42 Å². The van der Waals surface area contributed by atoms with E-state index in [4.69, 9.17) is 10.2 Å². The average molecular weight is 215 g/mol. The second-order valence-electron chi connectivity index (χ2n) is 2.89. The molecular formula is C9H13NO3S. The normalized spacial score (nSPS) is 10.5. The van der Waals surface area contributed by atoms with Crippen molar-refractivity contribution in [3.8, 4) is 0 Å². The highest BCUT2D eigenvalue weighted by Crippen LogP contribution is 2.08. The largest absolute Gasteiger partial charge is 0.394 e. The van der Waals surface area contributed by atoms with Gasteiger partial charge in [-0.05, 0) is 11.4 Å². The molecule has 0 aliphatic heterocycles. The second-order valence-corrected chi connectivity index (χ2v) is 3.92. The van der Waals surface area contributed by atoms with Gasteiger partial charge in [0, 0.05) is 4.88 Å². The van der Waals surface area contributed by atoms with Gasteiger partial charge in [0.15, 0.2) is 0 Å². The van der Waals surface area contributed by atoms with Crippen LogP contribution in [0.15, 0.2) is 17.5 Å². The summed E-state index contributed by atoms with van der Waals surface area (Å²) in [5.74, 6) is -0.180. The number of carbonyl (C=O) groups is 1. The maximum atomic E-state index is 11.3. The maximum absolute atomic E-state index is 11.3. The molecule has 1 aromatic rings. The Labute approximate surface area is 86.2 Å². The van der Waals surface area contributed by atoms with Crippen molar-refractivity contribution >= 4 is 17.2 Å². The van der Waals surface area contributed by atoms with Gasteiger partial charge >= 0.3 is 0 Å². The molecule has 0 aliphatic rings. The van der Waals surface area contributed by atoms with Gasteiger partial charge in [-0.15, -0.1) is 11.3 Å². The topological polar surface area (TPSA) is 69.6 Å². The Balaban J connectivity index is 2.35. The van der Waals surface area contributed by atoms with Crippen LogP contribution < -0.4 is 5.32 Å². The summed E-state index contributed by atoms with van der Waals surface area (Å²) in [5, 5.41) is 21.9. The van der Waals surface area contributed by atoms with Crippen LogP contribution in [0.5, 0.6) is 0 Å². The first kappa shape index (κ1) is 11.2. The number of aliphatic hydroxyl groups excluding tert-OH is 2. The molecule has 0 saturated heterocycles. The van der Waals surface area contributed by atoms with Crippen LogP contribution in [0.25, 0.3) is 0 Å². The van der Waals surface area contributed by atoms with Crippen molar-refractivity contribution in [1.29, 1.82) is 0 Å². The number of amides is 1. The van der Waals surface area contributed by atoms with Crippen LogP contribution in [-0.4, -0.2) is 35.4 Å². The third-order valence-electron chi connectivity index (χ3n) is 1.72. The van der Waals surface area contributed by atoms with Crippen molar-refractivity contribution < 1.29 is 15.0 Å². The predicted octanol–water partition coefficient (Wildman–Crippen LogP) is -0.240. The molecule has 1 heterocycles. The van der Waals surface area contributed by atoms with E-state index in [0.717, 1.165) is 4.88 Å². The lowest BCUT2D eigenvalue weighted by atomic mass is 10.3. The smallest absolute Gasteiger partial charge is 0.225 e. The van der Waals surface area contributed by atoms with Crippen LogP contribution in [0, 0.1) is 0 Å². The summed E-state index contributed by atoms with van der Waals surface area (Å²) in [6.45, 7) is -0.487. The van der Waals surface area contributed by atoms with Crippen molar-refractivity contribution in [3.05, 3.63) is 22.4 Å². The van der Waals surface area contributed by atoms with Crippen molar-refractivity contribution in [2.45, 2.75) is 12.5 Å². The molecule has 0 bridgehead atoms. The van der Waals surface area contributed by atoms with Crippen LogP contribution in [0.1, 0.15) is 4.88 Å². The number of thiophene rings is 1. The first-order valence-corrected chi connectivity index (χ1v) is 5.17. The quantitative estimate of drug-likeness (QED) is 0.635. The zero-order valence-corrected chi connectivity index (χ0v) is 8.46. The highest BCUT2D eigenvalue weighted by Gasteiger charge is 2.10. The van der Waals surface area contributed by atoms with E-state index in [1.807, 2.05) is 17.5 Å². The Kier molecular flexibility index (Phi) is 4.58. The summed E-state index contributed by atoms with van der Waals surface area (Å²) < 4.78 is 0. The highest BCUT2D eigenvalue weighted by molar-refractivity contribution is 7.10. The standard InChI is InChI=1S/C9H13NO3S/c11-5-7(6-12)10-9(13)4-8-2-1-3-14-8/h1-3,7,11-12H,4-6H2,(H,10,13). The molecule has 1 amide bonds. The van der Waals surface area contributed by atoms with E-state index >= 15 is 0 Å². The van der Waals surface area contributed by atoms with Crippen LogP contribution >= 0.6 is 11.3 Å². The second kappa shape index (κ2) is 5.74. The van der Waals surface area contributed by atoms with Crippen molar-refractivity contribution in [2.75, 3.05) is 13.2 Å². The van der Waals surface area contributed by atoms with Gasteiger partial charge in [0.25, 0.3) is 0 Å². The molecule has 0 fully saturated rings. The Morgan fingerprint density at radius 2 is 2.21 bits per heavy atom. The Hall–Kier alpha value is -0.910. The van der Waals surface area contributed by atoms with Crippen molar-refractivity contribution in [2.24, 2.45) is 0 Å². The fourth-order valence-corrected chi connectivity index (χ4v) is 1.70. The van der Waals surface area contributed by atoms with Gasteiger partial charge < -0.3 is 15.5 Å². The lowest BCUT2D eigenvalue weighted by Crippen LogP contribution is -2.40. The number of aliphatic hydroxyl groups is 2. The molecule has 0 saturated carbocycles. The molecule has 0 unspecified atom stereocenters. The first-order valence-electron chi connectivity index (χ1n) is 4.29. The van der Waals surface area contributed by atoms with Crippen LogP contribution in [-0.2, 0) is 11.2 Å². The minimum Gasteiger partial charge on any atom is -0.394 e. The minimum absolute atomic E-state index is 0.180. The number of hydrogen-bond acceptors (Lipinski definition) is 4. The number of rotatable bonds is 5. The predicted molar refractivity (Wildman–Crippen MR) is 54.1 cm³/mol. The number of carbonyl (C=O) groups excluding carboxylic acids is 1. The van der Waals surface area contributed by atoms with Gasteiger partial charge in [0.2, 0.25) is 5.91 Å². The molecular weight excluding hydrogens is 202 g/mol. The summed E-state index contributed by atoms with van der Waals surface area (Å²) in [5.41, 5.74) is 0. The van der Waals surface area contributed by atoms with Gasteiger partial charge in [-0.2, -0.15) is 0 Å². The highest BCUT2D eigenvalue weighted by atomic mass is 32.1. The Morgan fingerprint density at radius 3 is 2.71 bits per heavy atom. The zero-order chi connectivity index (χ0) is 10.4. The number of nitrogens with one attached hydrogen (secondary N) is 1. The molecule has 14 heavy (non-hydrogen) atoms. The van der Waals surface area contributed by atoms with Gasteiger partial charge in [-0.25, -0.2) is 0 Å². The molecule has 78 valence electrons. The fourth-order valence-electron chi connectivity index (χ4n) is 0.999. The SMILES string of the molecule is O=C(Cc1cccs1)NC(CO)CO. The van der Waals surface area contributed by atoms with E-state index in [2.05, 4.69) is 5.32 Å². The minimum atomic E-state index is -0.553. The Morgan fingerprint density at radius 1 is 1.50 bits per heavy atom. The summed E-state index contributed by atoms with van der Waals surface area (Å²) in [7, 11) is 0. The lowest BCUT2D eigenvalue weighted by molar-refractivity contribution is -0.121. The Bertz CT molecular complexity index is 270. The molecule has 4 nitrogen and oxygen atoms in total. The van der Waals surface area contributed by atoms with E-state index in [9.17, 15) is 4.79 Å². The average Bonchev–Trinajstić information content (AvgIpc) is 2.66. The number of hydrogen-bond donors (Lipinski definition) is 3. The molecule has 0 radical (unpaired) electrons. The monoisotopic (exact) mass is 215 g/mol. The van der Waals surface area contributed by atoms with Gasteiger partial charge in [-0.3, -0.25) is 4.79 Å². The van der Waals surface area contributed by atoms with E-state index in [1.54, 1.807) is 0 Å². The van der Waals surface area contributed by atoms with Crippen molar-refractivity contribution in [1.82, 2.24) is 5.32 Å². The molecule has 3 N–H and O–H groups in total. The summed E-state index contributed by atoms with van der Waals surface area (Å²) >= 11 is 1.51. The zero-order valence-electron chi connectivity index (χ0n) is 7.64. The summed E-state index contributed by atoms with van der Waals surface area (Å²) in [6.07, 6.45) is 0.300. The van der Waals surface area contributed by atoms with E-state index < -0.39 is 6.04 Å². The summed E-state index contributed by atoms with van der Waals surface area (Å²) in [6, 6.07) is 3.20. The van der Waals surface area contributed by atoms with Crippen molar-refractivity contribution in [3.63, 3.8) is 0 Å². The fraction of sp³-hybridized carbons (Fsp3) is 0.444. The molecule has 1 rings (SSSR count). The molecule has 1 aromatic heterocycles. The molecule has 0 aromatic carbocycles. The first-order chi connectivity index (χ1) is 6.76.